The molecule has 2 N–H and O–H groups in total. The molecule has 0 radical (unpaired) electrons. The molecule has 640 valence electrons. The van der Waals surface area contributed by atoms with E-state index in [0.717, 1.165) is 92.9 Å². The van der Waals surface area contributed by atoms with E-state index >= 15 is 0 Å². The molecule has 0 saturated heterocycles. The summed E-state index contributed by atoms with van der Waals surface area (Å²) in [6.07, 6.45) is 30.9. The van der Waals surface area contributed by atoms with Crippen LogP contribution in [0.15, 0.2) is 194 Å². The van der Waals surface area contributed by atoms with Crippen molar-refractivity contribution in [2.45, 2.75) is 130 Å². The number of benzene rings is 10. The summed E-state index contributed by atoms with van der Waals surface area (Å²) in [4.78, 5) is 33.5. The van der Waals surface area contributed by atoms with Gasteiger partial charge in [-0.15, -0.1) is 0 Å². The van der Waals surface area contributed by atoms with Crippen molar-refractivity contribution >= 4 is 83.2 Å². The number of rotatable bonds is 34. The van der Waals surface area contributed by atoms with Gasteiger partial charge in [-0.3, -0.25) is 9.59 Å². The van der Waals surface area contributed by atoms with Gasteiger partial charge in [0.1, 0.15) is 36.2 Å². The van der Waals surface area contributed by atoms with Gasteiger partial charge in [-0.05, 0) is 187 Å². The van der Waals surface area contributed by atoms with E-state index in [1.165, 1.54) is 88.4 Å². The van der Waals surface area contributed by atoms with Crippen LogP contribution in [-0.2, 0) is 49.5 Å². The molecule has 1 aliphatic heterocycles. The predicted molar refractivity (Wildman–Crippen MR) is 504 cm³/mol. The van der Waals surface area contributed by atoms with Crippen LogP contribution in [0.4, 0.5) is 22.7 Å². The third-order valence-electron chi connectivity index (χ3n) is 22.4. The molecule has 10 bridgehead atoms. The van der Waals surface area contributed by atoms with Crippen molar-refractivity contribution in [3.05, 3.63) is 305 Å². The summed E-state index contributed by atoms with van der Waals surface area (Å²) in [5, 5.41) is 47.5. The Bertz CT molecular complexity index is 5100. The fourth-order valence-corrected chi connectivity index (χ4v) is 15.7. The fourth-order valence-electron chi connectivity index (χ4n) is 15.7. The molecule has 10 aromatic rings. The molecular weight excluding hydrogens is 1550 g/mol. The number of para-hydroxylation sites is 4. The number of amides is 2. The Balaban J connectivity index is 0.739. The smallest absolute Gasteiger partial charge is 0.262 e. The van der Waals surface area contributed by atoms with Crippen molar-refractivity contribution in [1.29, 1.82) is 21.0 Å². The summed E-state index contributed by atoms with van der Waals surface area (Å²) in [6, 6.07) is 72.6. The molecule has 1 heterocycles. The summed E-state index contributed by atoms with van der Waals surface area (Å²) < 4.78 is 45.2. The highest BCUT2D eigenvalue weighted by Crippen LogP contribution is 2.40. The van der Waals surface area contributed by atoms with Crippen LogP contribution in [0.1, 0.15) is 216 Å². The van der Waals surface area contributed by atoms with Crippen LogP contribution < -0.4 is 39.4 Å². The molecule has 12 rings (SSSR count). The number of nitrogens with one attached hydrogen (secondary N) is 2. The fraction of sp³-hybridized carbons (Fsp3) is 0.315. The minimum Gasteiger partial charge on any atom is -0.491 e. The number of carbonyl (C=O) groups is 2. The van der Waals surface area contributed by atoms with Gasteiger partial charge in [0, 0.05) is 74.6 Å². The second-order valence-corrected chi connectivity index (χ2v) is 31.6. The Morgan fingerprint density at radius 1 is 0.336 bits per heavy atom. The van der Waals surface area contributed by atoms with E-state index in [-0.39, 0.29) is 51.5 Å². The molecule has 10 aromatic carbocycles. The number of ether oxygens (including phenoxy) is 7. The van der Waals surface area contributed by atoms with Gasteiger partial charge in [-0.25, -0.2) is 0 Å². The lowest BCUT2D eigenvalue weighted by Gasteiger charge is -2.25. The van der Waals surface area contributed by atoms with Crippen molar-refractivity contribution in [3.63, 3.8) is 0 Å². The molecular formula is C108H114N8O9. The second kappa shape index (κ2) is 48.5. The Morgan fingerprint density at radius 2 is 0.592 bits per heavy atom. The minimum atomic E-state index is -0.371. The van der Waals surface area contributed by atoms with Gasteiger partial charge in [0.05, 0.1) is 86.2 Å². The Labute approximate surface area is 738 Å². The second-order valence-electron chi connectivity index (χ2n) is 31.6. The monoisotopic (exact) mass is 1670 g/mol. The molecule has 0 unspecified atom stereocenters. The maximum atomic E-state index is 14.2. The van der Waals surface area contributed by atoms with E-state index < -0.39 is 0 Å². The van der Waals surface area contributed by atoms with E-state index in [0.29, 0.717) is 131 Å². The molecule has 0 saturated carbocycles. The van der Waals surface area contributed by atoms with Gasteiger partial charge in [-0.2, -0.15) is 21.0 Å². The number of nitrogens with zero attached hydrogens (tertiary/aromatic N) is 6. The van der Waals surface area contributed by atoms with Gasteiger partial charge in [-0.1, -0.05) is 249 Å². The quantitative estimate of drug-likeness (QED) is 0.0283. The minimum absolute atomic E-state index is 0.226. The number of hydrogen-bond donors (Lipinski definition) is 2. The van der Waals surface area contributed by atoms with Crippen LogP contribution in [-0.4, -0.2) is 104 Å². The molecule has 0 aromatic heterocycles. The van der Waals surface area contributed by atoms with Crippen LogP contribution in [0.25, 0.3) is 48.6 Å². The summed E-state index contributed by atoms with van der Waals surface area (Å²) in [5.41, 5.74) is 18.3. The lowest BCUT2D eigenvalue weighted by molar-refractivity contribution is -0.118. The normalized spacial score (nSPS) is 13.1. The first-order valence-corrected chi connectivity index (χ1v) is 44.3. The lowest BCUT2D eigenvalue weighted by atomic mass is 9.91. The Hall–Kier alpha value is -13.3. The number of nitriles is 4. The summed E-state index contributed by atoms with van der Waals surface area (Å²) in [7, 11) is 0. The number of fused-ring (bicyclic) bond motifs is 2. The lowest BCUT2D eigenvalue weighted by Crippen LogP contribution is -2.25. The zero-order valence-electron chi connectivity index (χ0n) is 72.7. The van der Waals surface area contributed by atoms with Gasteiger partial charge in [0.15, 0.2) is 13.2 Å². The molecule has 2 aliphatic rings. The standard InChI is InChI=1S/C108H114N8O9/c1-5-9-13-53-115(54-14-10-6-2)101-49-37-81(38-50-101)31-43-85-67-95(73-109)83(65-97(85)75-111)41-29-79-33-45-99(46-34-79)113-103(117)77-124-107-91-25-19-26-92(107)70-88-22-18-24-90-72-94-28-20-27-93(71-89-23-17-21-87(69-91)105(89)122-63-61-120-59-57-119-58-60-121-62-64-123-106(88)90)108(94)125-78-104(118)114-100-47-35-80(36-48-100)30-42-84-66-98(76-112)86(68-96(84)74-110)44-32-82-39-51-102(52-40-82)116(55-15-11-7-3)56-16-12-8-4/h17-52,65-68H,5-16,53-64,69-72,77-78H2,1-4H3,(H,113,117)(H,114,118)/b41-29+,42-30+,43-31+,44-32?. The average molecular weight is 1670 g/mol. The third kappa shape index (κ3) is 26.9. The Kier molecular flexibility index (Phi) is 35.3. The van der Waals surface area contributed by atoms with Crippen molar-refractivity contribution in [2.24, 2.45) is 0 Å². The first-order valence-electron chi connectivity index (χ1n) is 44.3. The maximum absolute atomic E-state index is 14.2. The van der Waals surface area contributed by atoms with Crippen LogP contribution in [0, 0.1) is 45.3 Å². The summed E-state index contributed by atoms with van der Waals surface area (Å²) in [6.45, 7) is 15.0. The highest BCUT2D eigenvalue weighted by molar-refractivity contribution is 5.93. The Morgan fingerprint density at radius 3 is 0.856 bits per heavy atom. The third-order valence-corrected chi connectivity index (χ3v) is 22.4. The first kappa shape index (κ1) is 91.0. The molecule has 0 fully saturated rings. The average Bonchev–Trinajstić information content (AvgIpc) is 0.780. The molecule has 0 atom stereocenters. The SMILES string of the molecule is CCCCCN(CCCCC)c1ccc(C=Cc2cc(C#N)c(/C=C/c3ccc(NC(=O)COc4c5cccc4Cc4cccc6c4OCCOCCOCCOCCOc4c(cccc4Cc4cccc(c4OCC(=O)Nc4ccc(/C=C/c7cc(C#N)c(/C=C/c8ccc(N(CCCCC)CCCCC)cc8)cc7C#N)cc4)C6)C5)cc3)cc2C#N)cc1. The highest BCUT2D eigenvalue weighted by Gasteiger charge is 2.25. The summed E-state index contributed by atoms with van der Waals surface area (Å²) in [5.74, 6) is 1.67. The van der Waals surface area contributed by atoms with E-state index in [2.05, 4.69) is 121 Å². The van der Waals surface area contributed by atoms with E-state index in [1.807, 2.05) is 170 Å². The van der Waals surface area contributed by atoms with Crippen molar-refractivity contribution < 1.29 is 42.7 Å². The zero-order chi connectivity index (χ0) is 87.2. The van der Waals surface area contributed by atoms with Crippen LogP contribution in [0.2, 0.25) is 0 Å². The van der Waals surface area contributed by atoms with Crippen molar-refractivity contribution in [1.82, 2.24) is 0 Å². The zero-order valence-corrected chi connectivity index (χ0v) is 72.7. The molecule has 0 spiro atoms. The van der Waals surface area contributed by atoms with Gasteiger partial charge in [0.2, 0.25) is 0 Å². The molecule has 2 amide bonds. The molecule has 125 heavy (non-hydrogen) atoms. The molecule has 1 aliphatic carbocycles. The van der Waals surface area contributed by atoms with Crippen LogP contribution in [0.5, 0.6) is 23.0 Å². The number of unbranched alkanes of at least 4 members (excludes halogenated alkanes) is 8. The largest absolute Gasteiger partial charge is 0.491 e. The van der Waals surface area contributed by atoms with Gasteiger partial charge >= 0.3 is 0 Å². The van der Waals surface area contributed by atoms with Gasteiger partial charge in [0.25, 0.3) is 11.8 Å². The number of anilines is 4. The first-order chi connectivity index (χ1) is 61.4. The van der Waals surface area contributed by atoms with Crippen LogP contribution in [0.3, 0.4) is 0 Å². The van der Waals surface area contributed by atoms with E-state index in [1.54, 1.807) is 24.3 Å². The topological polar surface area (TPSA) is 224 Å². The molecule has 17 nitrogen and oxygen atoms in total. The summed E-state index contributed by atoms with van der Waals surface area (Å²) >= 11 is 0. The maximum Gasteiger partial charge on any atom is 0.262 e. The van der Waals surface area contributed by atoms with E-state index in [9.17, 15) is 30.6 Å². The van der Waals surface area contributed by atoms with Crippen LogP contribution >= 0.6 is 0 Å². The van der Waals surface area contributed by atoms with E-state index in [4.69, 9.17) is 33.2 Å². The van der Waals surface area contributed by atoms with Crippen molar-refractivity contribution in [3.8, 4) is 47.3 Å². The highest BCUT2D eigenvalue weighted by atomic mass is 16.6. The molecule has 17 heteroatoms. The number of hydrogen-bond acceptors (Lipinski definition) is 15. The van der Waals surface area contributed by atoms with Gasteiger partial charge < -0.3 is 53.6 Å². The number of carbonyl (C=O) groups excluding carboxylic acids is 2. The predicted octanol–water partition coefficient (Wildman–Crippen LogP) is 22.8. The van der Waals surface area contributed by atoms with Crippen molar-refractivity contribution in [2.75, 3.05) is 113 Å².